The fourth-order valence-corrected chi connectivity index (χ4v) is 4.18. The Balaban J connectivity index is 2.82. The molecule has 0 heterocycles. The predicted molar refractivity (Wildman–Crippen MR) is 81.1 cm³/mol. The van der Waals surface area contributed by atoms with Crippen molar-refractivity contribution in [3.8, 4) is 0 Å². The quantitative estimate of drug-likeness (QED) is 0.836. The number of hydrogen-bond donors (Lipinski definition) is 1. The van der Waals surface area contributed by atoms with Crippen LogP contribution >= 0.6 is 0 Å². The normalized spacial score (nSPS) is 13.7. The van der Waals surface area contributed by atoms with Gasteiger partial charge in [0.05, 0.1) is 11.5 Å². The second kappa shape index (κ2) is 7.06. The Kier molecular flexibility index (Phi) is 6.01. The molecule has 0 radical (unpaired) electrons. The molecule has 0 saturated heterocycles. The molecule has 108 valence electrons. The molecule has 0 aromatic heterocycles. The standard InChI is InChI=1S/C15H25NO2S/c1-5-13-6-8-14(9-7-13)15(16-4)11-19(17,18)10-12(2)3/h6-9,12,15-16H,5,10-11H2,1-4H3. The molecule has 1 aromatic carbocycles. The van der Waals surface area contributed by atoms with Gasteiger partial charge in [0.25, 0.3) is 0 Å². The van der Waals surface area contributed by atoms with Gasteiger partial charge in [-0.05, 0) is 30.5 Å². The third-order valence-electron chi connectivity index (χ3n) is 3.15. The molecule has 0 bridgehead atoms. The van der Waals surface area contributed by atoms with Crippen molar-refractivity contribution < 1.29 is 8.42 Å². The zero-order valence-corrected chi connectivity index (χ0v) is 13.1. The van der Waals surface area contributed by atoms with Crippen molar-refractivity contribution in [1.82, 2.24) is 5.32 Å². The summed E-state index contributed by atoms with van der Waals surface area (Å²) in [4.78, 5) is 0. The third kappa shape index (κ3) is 5.33. The molecule has 0 aliphatic rings. The fourth-order valence-electron chi connectivity index (χ4n) is 2.16. The third-order valence-corrected chi connectivity index (χ3v) is 5.16. The van der Waals surface area contributed by atoms with Crippen LogP contribution in [-0.2, 0) is 16.3 Å². The van der Waals surface area contributed by atoms with Gasteiger partial charge in [0.15, 0.2) is 9.84 Å². The molecule has 0 fully saturated rings. The van der Waals surface area contributed by atoms with E-state index in [-0.39, 0.29) is 23.5 Å². The molecule has 1 rings (SSSR count). The van der Waals surface area contributed by atoms with Gasteiger partial charge in [-0.1, -0.05) is 45.0 Å². The van der Waals surface area contributed by atoms with Gasteiger partial charge in [0, 0.05) is 6.04 Å². The average molecular weight is 283 g/mol. The highest BCUT2D eigenvalue weighted by molar-refractivity contribution is 7.91. The fraction of sp³-hybridized carbons (Fsp3) is 0.600. The monoisotopic (exact) mass is 283 g/mol. The number of hydrogen-bond acceptors (Lipinski definition) is 3. The highest BCUT2D eigenvalue weighted by Gasteiger charge is 2.20. The van der Waals surface area contributed by atoms with Gasteiger partial charge in [0.2, 0.25) is 0 Å². The van der Waals surface area contributed by atoms with E-state index in [0.29, 0.717) is 0 Å². The van der Waals surface area contributed by atoms with E-state index in [2.05, 4.69) is 24.4 Å². The molecular formula is C15H25NO2S. The Hall–Kier alpha value is -0.870. The van der Waals surface area contributed by atoms with Gasteiger partial charge < -0.3 is 5.32 Å². The van der Waals surface area contributed by atoms with E-state index in [4.69, 9.17) is 0 Å². The molecule has 19 heavy (non-hydrogen) atoms. The van der Waals surface area contributed by atoms with Gasteiger partial charge in [-0.25, -0.2) is 8.42 Å². The smallest absolute Gasteiger partial charge is 0.152 e. The van der Waals surface area contributed by atoms with Gasteiger partial charge in [0.1, 0.15) is 0 Å². The second-order valence-corrected chi connectivity index (χ2v) is 7.56. The molecule has 0 amide bonds. The molecule has 0 aliphatic heterocycles. The summed E-state index contributed by atoms with van der Waals surface area (Å²) in [6, 6.07) is 8.04. The van der Waals surface area contributed by atoms with Gasteiger partial charge in [-0.3, -0.25) is 0 Å². The molecule has 0 aliphatic carbocycles. The Bertz CT molecular complexity index is 477. The Labute approximate surface area is 117 Å². The van der Waals surface area contributed by atoms with Crippen molar-refractivity contribution in [3.63, 3.8) is 0 Å². The van der Waals surface area contributed by atoms with Crippen LogP contribution in [0, 0.1) is 5.92 Å². The second-order valence-electron chi connectivity index (χ2n) is 5.41. The zero-order valence-electron chi connectivity index (χ0n) is 12.3. The Morgan fingerprint density at radius 2 is 1.68 bits per heavy atom. The lowest BCUT2D eigenvalue weighted by Gasteiger charge is -2.18. The predicted octanol–water partition coefficient (Wildman–Crippen LogP) is 2.58. The van der Waals surface area contributed by atoms with Gasteiger partial charge in [-0.15, -0.1) is 0 Å². The van der Waals surface area contributed by atoms with Gasteiger partial charge in [-0.2, -0.15) is 0 Å². The Morgan fingerprint density at radius 3 is 2.11 bits per heavy atom. The number of aryl methyl sites for hydroxylation is 1. The summed E-state index contributed by atoms with van der Waals surface area (Å²) in [5.41, 5.74) is 2.30. The van der Waals surface area contributed by atoms with Crippen molar-refractivity contribution in [3.05, 3.63) is 35.4 Å². The van der Waals surface area contributed by atoms with Crippen LogP contribution in [0.25, 0.3) is 0 Å². The van der Waals surface area contributed by atoms with Crippen LogP contribution in [0.3, 0.4) is 0 Å². The van der Waals surface area contributed by atoms with Crippen molar-refractivity contribution in [1.29, 1.82) is 0 Å². The molecule has 1 unspecified atom stereocenters. The van der Waals surface area contributed by atoms with Crippen LogP contribution in [-0.4, -0.2) is 27.0 Å². The summed E-state index contributed by atoms with van der Waals surface area (Å²) < 4.78 is 24.1. The van der Waals surface area contributed by atoms with E-state index in [1.54, 1.807) is 0 Å². The number of nitrogens with one attached hydrogen (secondary N) is 1. The van der Waals surface area contributed by atoms with Crippen LogP contribution in [0.2, 0.25) is 0 Å². The minimum Gasteiger partial charge on any atom is -0.312 e. The topological polar surface area (TPSA) is 46.2 Å². The highest BCUT2D eigenvalue weighted by Crippen LogP contribution is 2.17. The first-order valence-corrected chi connectivity index (χ1v) is 8.66. The van der Waals surface area contributed by atoms with Gasteiger partial charge >= 0.3 is 0 Å². The lowest BCUT2D eigenvalue weighted by Crippen LogP contribution is -2.27. The van der Waals surface area contributed by atoms with E-state index in [1.807, 2.05) is 33.0 Å². The maximum absolute atomic E-state index is 12.1. The van der Waals surface area contributed by atoms with Crippen molar-refractivity contribution in [2.24, 2.45) is 5.92 Å². The average Bonchev–Trinajstić information content (AvgIpc) is 2.34. The van der Waals surface area contributed by atoms with Crippen LogP contribution in [0.4, 0.5) is 0 Å². The van der Waals surface area contributed by atoms with Crippen molar-refractivity contribution in [2.45, 2.75) is 33.2 Å². The first kappa shape index (κ1) is 16.2. The highest BCUT2D eigenvalue weighted by atomic mass is 32.2. The lowest BCUT2D eigenvalue weighted by atomic mass is 10.1. The van der Waals surface area contributed by atoms with E-state index in [1.165, 1.54) is 5.56 Å². The molecule has 4 heteroatoms. The minimum absolute atomic E-state index is 0.130. The summed E-state index contributed by atoms with van der Waals surface area (Å²) in [5, 5.41) is 3.11. The van der Waals surface area contributed by atoms with Crippen molar-refractivity contribution >= 4 is 9.84 Å². The van der Waals surface area contributed by atoms with E-state index in [0.717, 1.165) is 12.0 Å². The molecule has 0 saturated carbocycles. The SMILES string of the molecule is CCc1ccc(C(CS(=O)(=O)CC(C)C)NC)cc1. The first-order chi connectivity index (χ1) is 8.88. The zero-order chi connectivity index (χ0) is 14.5. The van der Waals surface area contributed by atoms with E-state index < -0.39 is 9.84 Å². The van der Waals surface area contributed by atoms with E-state index in [9.17, 15) is 8.42 Å². The molecule has 1 N–H and O–H groups in total. The number of sulfone groups is 1. The van der Waals surface area contributed by atoms with E-state index >= 15 is 0 Å². The molecule has 1 aromatic rings. The number of benzene rings is 1. The largest absolute Gasteiger partial charge is 0.312 e. The van der Waals surface area contributed by atoms with Crippen LogP contribution in [0.5, 0.6) is 0 Å². The summed E-state index contributed by atoms with van der Waals surface area (Å²) in [5.74, 6) is 0.579. The summed E-state index contributed by atoms with van der Waals surface area (Å²) >= 11 is 0. The molecule has 1 atom stereocenters. The van der Waals surface area contributed by atoms with Crippen LogP contribution in [0.15, 0.2) is 24.3 Å². The lowest BCUT2D eigenvalue weighted by molar-refractivity contribution is 0.563. The minimum atomic E-state index is -3.02. The summed E-state index contributed by atoms with van der Waals surface area (Å²) in [7, 11) is -1.21. The van der Waals surface area contributed by atoms with Crippen LogP contribution in [0.1, 0.15) is 37.9 Å². The molecule has 3 nitrogen and oxygen atoms in total. The van der Waals surface area contributed by atoms with Crippen LogP contribution < -0.4 is 5.32 Å². The molecule has 0 spiro atoms. The first-order valence-electron chi connectivity index (χ1n) is 6.84. The maximum atomic E-state index is 12.1. The maximum Gasteiger partial charge on any atom is 0.152 e. The summed E-state index contributed by atoms with van der Waals surface area (Å²) in [6.07, 6.45) is 0.996. The molecular weight excluding hydrogens is 258 g/mol. The van der Waals surface area contributed by atoms with Crippen molar-refractivity contribution in [2.75, 3.05) is 18.6 Å². The Morgan fingerprint density at radius 1 is 1.11 bits per heavy atom. The number of rotatable bonds is 7. The summed E-state index contributed by atoms with van der Waals surface area (Å²) in [6.45, 7) is 5.97.